The quantitative estimate of drug-likeness (QED) is 0.645. The Morgan fingerprint density at radius 1 is 1.45 bits per heavy atom. The van der Waals surface area contributed by atoms with Crippen molar-refractivity contribution in [2.45, 2.75) is 26.4 Å². The summed E-state index contributed by atoms with van der Waals surface area (Å²) in [6.45, 7) is 3.54. The molecule has 0 fully saturated rings. The molecule has 7 heteroatoms. The van der Waals surface area contributed by atoms with E-state index >= 15 is 0 Å². The molecule has 0 aliphatic rings. The summed E-state index contributed by atoms with van der Waals surface area (Å²) in [6.07, 6.45) is 2.77. The van der Waals surface area contributed by atoms with Crippen LogP contribution in [0.15, 0.2) is 34.9 Å². The third-order valence-electron chi connectivity index (χ3n) is 2.86. The van der Waals surface area contributed by atoms with Gasteiger partial charge in [0.1, 0.15) is 0 Å². The van der Waals surface area contributed by atoms with E-state index in [1.54, 1.807) is 18.3 Å². The number of nitro groups is 1. The van der Waals surface area contributed by atoms with E-state index in [9.17, 15) is 10.1 Å². The molecular weight excluding hydrogens is 324 g/mol. The molecule has 0 saturated heterocycles. The van der Waals surface area contributed by atoms with E-state index in [-0.39, 0.29) is 5.69 Å². The molecule has 2 rings (SSSR count). The van der Waals surface area contributed by atoms with Crippen LogP contribution < -0.4 is 5.32 Å². The fourth-order valence-corrected chi connectivity index (χ4v) is 2.27. The van der Waals surface area contributed by atoms with Gasteiger partial charge in [-0.05, 0) is 40.5 Å². The molecule has 1 aromatic carbocycles. The van der Waals surface area contributed by atoms with Crippen LogP contribution in [0.5, 0.6) is 0 Å². The first kappa shape index (κ1) is 14.5. The van der Waals surface area contributed by atoms with Crippen LogP contribution in [-0.2, 0) is 13.1 Å². The SMILES string of the molecule is CCCn1nccc1CNc1ccc(Br)c([N+](=O)[O-])c1. The monoisotopic (exact) mass is 338 g/mol. The van der Waals surface area contributed by atoms with Gasteiger partial charge in [0.2, 0.25) is 0 Å². The Morgan fingerprint density at radius 3 is 2.95 bits per heavy atom. The first-order chi connectivity index (χ1) is 9.61. The average Bonchev–Trinajstić information content (AvgIpc) is 2.85. The molecule has 106 valence electrons. The maximum atomic E-state index is 10.9. The predicted octanol–water partition coefficient (Wildman–Crippen LogP) is 3.58. The van der Waals surface area contributed by atoms with Crippen LogP contribution in [0.4, 0.5) is 11.4 Å². The van der Waals surface area contributed by atoms with Gasteiger partial charge in [-0.25, -0.2) is 0 Å². The standard InChI is InChI=1S/C13H15BrN4O2/c1-2-7-17-11(5-6-16-17)9-15-10-3-4-12(14)13(8-10)18(19)20/h3-6,8,15H,2,7,9H2,1H3. The highest BCUT2D eigenvalue weighted by atomic mass is 79.9. The highest BCUT2D eigenvalue weighted by Gasteiger charge is 2.12. The van der Waals surface area contributed by atoms with Crippen LogP contribution >= 0.6 is 15.9 Å². The number of nitrogens with zero attached hydrogens (tertiary/aromatic N) is 3. The van der Waals surface area contributed by atoms with Gasteiger partial charge in [-0.1, -0.05) is 6.92 Å². The second-order valence-electron chi connectivity index (χ2n) is 4.32. The number of nitro benzene ring substituents is 1. The lowest BCUT2D eigenvalue weighted by Crippen LogP contribution is -2.09. The molecule has 0 spiro atoms. The van der Waals surface area contributed by atoms with Crippen molar-refractivity contribution in [2.24, 2.45) is 0 Å². The summed E-state index contributed by atoms with van der Waals surface area (Å²) in [4.78, 5) is 10.5. The van der Waals surface area contributed by atoms with Gasteiger partial charge in [0.05, 0.1) is 21.6 Å². The van der Waals surface area contributed by atoms with Gasteiger partial charge in [-0.3, -0.25) is 14.8 Å². The van der Waals surface area contributed by atoms with E-state index in [1.807, 2.05) is 10.7 Å². The zero-order chi connectivity index (χ0) is 14.5. The number of halogens is 1. The van der Waals surface area contributed by atoms with E-state index in [1.165, 1.54) is 6.07 Å². The Morgan fingerprint density at radius 2 is 2.25 bits per heavy atom. The Bertz CT molecular complexity index is 612. The first-order valence-corrected chi connectivity index (χ1v) is 7.09. The maximum absolute atomic E-state index is 10.9. The summed E-state index contributed by atoms with van der Waals surface area (Å²) in [5.41, 5.74) is 1.82. The van der Waals surface area contributed by atoms with Crippen LogP contribution in [0.3, 0.4) is 0 Å². The Hall–Kier alpha value is -1.89. The minimum atomic E-state index is -0.406. The lowest BCUT2D eigenvalue weighted by atomic mass is 10.2. The van der Waals surface area contributed by atoms with Gasteiger partial charge >= 0.3 is 0 Å². The van der Waals surface area contributed by atoms with Crippen LogP contribution in [0, 0.1) is 10.1 Å². The van der Waals surface area contributed by atoms with Crippen LogP contribution in [-0.4, -0.2) is 14.7 Å². The Kier molecular flexibility index (Phi) is 4.73. The number of aryl methyl sites for hydroxylation is 1. The minimum absolute atomic E-state index is 0.0528. The summed E-state index contributed by atoms with van der Waals surface area (Å²) < 4.78 is 2.41. The van der Waals surface area contributed by atoms with Crippen molar-refractivity contribution < 1.29 is 4.92 Å². The third-order valence-corrected chi connectivity index (χ3v) is 3.53. The zero-order valence-corrected chi connectivity index (χ0v) is 12.6. The summed E-state index contributed by atoms with van der Waals surface area (Å²) in [7, 11) is 0. The van der Waals surface area contributed by atoms with Crippen LogP contribution in [0.25, 0.3) is 0 Å². The van der Waals surface area contributed by atoms with Crippen molar-refractivity contribution in [3.8, 4) is 0 Å². The van der Waals surface area contributed by atoms with Gasteiger partial charge < -0.3 is 5.32 Å². The van der Waals surface area contributed by atoms with E-state index in [2.05, 4.69) is 33.3 Å². The van der Waals surface area contributed by atoms with Gasteiger partial charge in [-0.15, -0.1) is 0 Å². The molecule has 6 nitrogen and oxygen atoms in total. The number of nitrogens with one attached hydrogen (secondary N) is 1. The Balaban J connectivity index is 2.09. The topological polar surface area (TPSA) is 73.0 Å². The molecule has 0 aliphatic carbocycles. The van der Waals surface area contributed by atoms with Gasteiger partial charge in [0.25, 0.3) is 5.69 Å². The molecule has 1 N–H and O–H groups in total. The number of benzene rings is 1. The van der Waals surface area contributed by atoms with Gasteiger partial charge in [-0.2, -0.15) is 5.10 Å². The molecule has 0 saturated carbocycles. The van der Waals surface area contributed by atoms with Crippen molar-refractivity contribution in [1.29, 1.82) is 0 Å². The van der Waals surface area contributed by atoms with E-state index in [0.717, 1.165) is 18.7 Å². The summed E-state index contributed by atoms with van der Waals surface area (Å²) >= 11 is 3.17. The number of aromatic nitrogens is 2. The number of rotatable bonds is 6. The number of hydrogen-bond donors (Lipinski definition) is 1. The maximum Gasteiger partial charge on any atom is 0.285 e. The van der Waals surface area contributed by atoms with Gasteiger partial charge in [0.15, 0.2) is 0 Å². The molecule has 0 unspecified atom stereocenters. The summed E-state index contributed by atoms with van der Waals surface area (Å²) in [5, 5.41) is 18.3. The van der Waals surface area contributed by atoms with E-state index in [0.29, 0.717) is 16.7 Å². The minimum Gasteiger partial charge on any atom is -0.379 e. The van der Waals surface area contributed by atoms with Crippen LogP contribution in [0.1, 0.15) is 19.0 Å². The van der Waals surface area contributed by atoms with Crippen molar-refractivity contribution in [2.75, 3.05) is 5.32 Å². The predicted molar refractivity (Wildman–Crippen MR) is 80.6 cm³/mol. The molecule has 1 aromatic heterocycles. The van der Waals surface area contributed by atoms with Crippen molar-refractivity contribution in [3.05, 3.63) is 50.7 Å². The second-order valence-corrected chi connectivity index (χ2v) is 5.18. The van der Waals surface area contributed by atoms with Crippen molar-refractivity contribution in [1.82, 2.24) is 9.78 Å². The largest absolute Gasteiger partial charge is 0.379 e. The normalized spacial score (nSPS) is 10.5. The summed E-state index contributed by atoms with van der Waals surface area (Å²) in [6, 6.07) is 6.93. The Labute approximate surface area is 125 Å². The number of anilines is 1. The molecular formula is C13H15BrN4O2. The molecule has 1 heterocycles. The lowest BCUT2D eigenvalue weighted by molar-refractivity contribution is -0.385. The smallest absolute Gasteiger partial charge is 0.285 e. The molecule has 0 radical (unpaired) electrons. The fraction of sp³-hybridized carbons (Fsp3) is 0.308. The summed E-state index contributed by atoms with van der Waals surface area (Å²) in [5.74, 6) is 0. The molecule has 0 bridgehead atoms. The fourth-order valence-electron chi connectivity index (χ4n) is 1.88. The van der Waals surface area contributed by atoms with Crippen molar-refractivity contribution in [3.63, 3.8) is 0 Å². The zero-order valence-electron chi connectivity index (χ0n) is 11.0. The molecule has 20 heavy (non-hydrogen) atoms. The van der Waals surface area contributed by atoms with E-state index < -0.39 is 4.92 Å². The molecule has 2 aromatic rings. The van der Waals surface area contributed by atoms with Crippen LogP contribution in [0.2, 0.25) is 0 Å². The number of hydrogen-bond acceptors (Lipinski definition) is 4. The van der Waals surface area contributed by atoms with Gasteiger partial charge in [0, 0.05) is 24.5 Å². The highest BCUT2D eigenvalue weighted by molar-refractivity contribution is 9.10. The highest BCUT2D eigenvalue weighted by Crippen LogP contribution is 2.27. The molecule has 0 atom stereocenters. The third kappa shape index (κ3) is 3.36. The molecule has 0 aliphatic heterocycles. The lowest BCUT2D eigenvalue weighted by Gasteiger charge is -2.09. The second kappa shape index (κ2) is 6.51. The van der Waals surface area contributed by atoms with E-state index in [4.69, 9.17) is 0 Å². The first-order valence-electron chi connectivity index (χ1n) is 6.30. The van der Waals surface area contributed by atoms with Crippen molar-refractivity contribution >= 4 is 27.3 Å². The molecule has 0 amide bonds. The average molecular weight is 339 g/mol.